The second-order valence-corrected chi connectivity index (χ2v) is 3.35. The van der Waals surface area contributed by atoms with Gasteiger partial charge in [0.2, 0.25) is 0 Å². The van der Waals surface area contributed by atoms with Gasteiger partial charge in [0, 0.05) is 11.8 Å². The summed E-state index contributed by atoms with van der Waals surface area (Å²) < 4.78 is 0. The van der Waals surface area contributed by atoms with E-state index in [0.29, 0.717) is 5.82 Å². The summed E-state index contributed by atoms with van der Waals surface area (Å²) in [7, 11) is 0. The second kappa shape index (κ2) is 5.29. The molecule has 82 valence electrons. The first-order valence-electron chi connectivity index (χ1n) is 4.93. The van der Waals surface area contributed by atoms with Crippen LogP contribution < -0.4 is 5.32 Å². The van der Waals surface area contributed by atoms with Crippen LogP contribution in [0.3, 0.4) is 0 Å². The largest absolute Gasteiger partial charge is 0.480 e. The Morgan fingerprint density at radius 1 is 1.60 bits per heavy atom. The molecule has 1 atom stereocenters. The van der Waals surface area contributed by atoms with Crippen LogP contribution >= 0.6 is 0 Å². The summed E-state index contributed by atoms with van der Waals surface area (Å²) >= 11 is 0. The average molecular weight is 209 g/mol. The second-order valence-electron chi connectivity index (χ2n) is 3.35. The molecule has 15 heavy (non-hydrogen) atoms. The number of hydrogen-bond acceptors (Lipinski definition) is 4. The molecular formula is C10H15N3O2. The van der Waals surface area contributed by atoms with Crippen molar-refractivity contribution in [1.29, 1.82) is 0 Å². The number of carboxylic acid groups (broad SMARTS) is 1. The summed E-state index contributed by atoms with van der Waals surface area (Å²) in [4.78, 5) is 18.6. The van der Waals surface area contributed by atoms with Crippen LogP contribution in [0.5, 0.6) is 0 Å². The van der Waals surface area contributed by atoms with E-state index < -0.39 is 12.0 Å². The van der Waals surface area contributed by atoms with Crippen LogP contribution in [0.25, 0.3) is 0 Å². The van der Waals surface area contributed by atoms with Gasteiger partial charge in [0.15, 0.2) is 0 Å². The number of aliphatic carboxylic acids is 1. The number of carbonyl (C=O) groups is 1. The number of rotatable bonds is 5. The molecule has 0 aromatic carbocycles. The smallest absolute Gasteiger partial charge is 0.325 e. The molecule has 0 aliphatic rings. The molecule has 0 bridgehead atoms. The number of anilines is 1. The Labute approximate surface area is 88.6 Å². The highest BCUT2D eigenvalue weighted by atomic mass is 16.4. The van der Waals surface area contributed by atoms with E-state index in [0.717, 1.165) is 18.5 Å². The first-order valence-corrected chi connectivity index (χ1v) is 4.93. The van der Waals surface area contributed by atoms with Crippen molar-refractivity contribution in [2.24, 2.45) is 0 Å². The van der Waals surface area contributed by atoms with Gasteiger partial charge in [-0.15, -0.1) is 0 Å². The van der Waals surface area contributed by atoms with E-state index in [2.05, 4.69) is 22.2 Å². The predicted molar refractivity (Wildman–Crippen MR) is 56.7 cm³/mol. The molecular weight excluding hydrogens is 194 g/mol. The van der Waals surface area contributed by atoms with Gasteiger partial charge in [-0.1, -0.05) is 13.3 Å². The molecule has 5 nitrogen and oxygen atoms in total. The highest BCUT2D eigenvalue weighted by molar-refractivity contribution is 5.76. The van der Waals surface area contributed by atoms with E-state index in [1.165, 1.54) is 6.33 Å². The zero-order chi connectivity index (χ0) is 11.3. The maximum Gasteiger partial charge on any atom is 0.325 e. The van der Waals surface area contributed by atoms with E-state index in [1.54, 1.807) is 13.0 Å². The van der Waals surface area contributed by atoms with Gasteiger partial charge in [-0.05, 0) is 13.3 Å². The minimum atomic E-state index is -0.898. The molecule has 0 saturated carbocycles. The van der Waals surface area contributed by atoms with Crippen molar-refractivity contribution in [3.05, 3.63) is 18.1 Å². The van der Waals surface area contributed by atoms with Crippen molar-refractivity contribution in [2.45, 2.75) is 32.7 Å². The molecule has 5 heteroatoms. The zero-order valence-electron chi connectivity index (χ0n) is 8.90. The molecule has 1 unspecified atom stereocenters. The highest BCUT2D eigenvalue weighted by Gasteiger charge is 2.10. The van der Waals surface area contributed by atoms with E-state index in [9.17, 15) is 4.79 Å². The van der Waals surface area contributed by atoms with Crippen molar-refractivity contribution in [2.75, 3.05) is 5.32 Å². The fourth-order valence-electron chi connectivity index (χ4n) is 1.15. The minimum Gasteiger partial charge on any atom is -0.480 e. The van der Waals surface area contributed by atoms with Crippen molar-refractivity contribution in [3.63, 3.8) is 0 Å². The average Bonchev–Trinajstić information content (AvgIpc) is 2.18. The molecule has 1 rings (SSSR count). The summed E-state index contributed by atoms with van der Waals surface area (Å²) in [5, 5.41) is 11.5. The van der Waals surface area contributed by atoms with E-state index in [4.69, 9.17) is 5.11 Å². The van der Waals surface area contributed by atoms with E-state index >= 15 is 0 Å². The maximum absolute atomic E-state index is 10.6. The number of nitrogens with one attached hydrogen (secondary N) is 1. The first-order chi connectivity index (χ1) is 7.13. The standard InChI is InChI=1S/C10H15N3O2/c1-3-4-8-5-9(12-6-11-8)13-7(2)10(14)15/h5-7H,3-4H2,1-2H3,(H,14,15)(H,11,12,13). The molecule has 0 amide bonds. The van der Waals surface area contributed by atoms with E-state index in [1.807, 2.05) is 0 Å². The number of aromatic nitrogens is 2. The normalized spacial score (nSPS) is 12.1. The van der Waals surface area contributed by atoms with Gasteiger partial charge >= 0.3 is 5.97 Å². The van der Waals surface area contributed by atoms with Gasteiger partial charge in [0.1, 0.15) is 18.2 Å². The SMILES string of the molecule is CCCc1cc(NC(C)C(=O)O)ncn1. The van der Waals surface area contributed by atoms with Gasteiger partial charge in [0.25, 0.3) is 0 Å². The summed E-state index contributed by atoms with van der Waals surface area (Å²) in [5.41, 5.74) is 0.924. The molecule has 0 fully saturated rings. The van der Waals surface area contributed by atoms with Gasteiger partial charge in [-0.2, -0.15) is 0 Å². The monoisotopic (exact) mass is 209 g/mol. The third-order valence-electron chi connectivity index (χ3n) is 1.96. The molecule has 1 heterocycles. The molecule has 0 radical (unpaired) electrons. The molecule has 0 aliphatic heterocycles. The minimum absolute atomic E-state index is 0.559. The summed E-state index contributed by atoms with van der Waals surface area (Å²) in [6.07, 6.45) is 3.32. The molecule has 1 aromatic heterocycles. The van der Waals surface area contributed by atoms with E-state index in [-0.39, 0.29) is 0 Å². The number of aryl methyl sites for hydroxylation is 1. The van der Waals surface area contributed by atoms with Gasteiger partial charge < -0.3 is 10.4 Å². The highest BCUT2D eigenvalue weighted by Crippen LogP contribution is 2.07. The molecule has 0 saturated heterocycles. The Kier molecular flexibility index (Phi) is 4.03. The van der Waals surface area contributed by atoms with Crippen LogP contribution in [0.1, 0.15) is 26.0 Å². The van der Waals surface area contributed by atoms with Crippen molar-refractivity contribution < 1.29 is 9.90 Å². The van der Waals surface area contributed by atoms with Gasteiger partial charge in [0.05, 0.1) is 0 Å². The van der Waals surface area contributed by atoms with Crippen molar-refractivity contribution in [1.82, 2.24) is 9.97 Å². The number of hydrogen-bond donors (Lipinski definition) is 2. The van der Waals surface area contributed by atoms with Crippen LogP contribution in [-0.2, 0) is 11.2 Å². The van der Waals surface area contributed by atoms with Gasteiger partial charge in [-0.3, -0.25) is 4.79 Å². The van der Waals surface area contributed by atoms with Crippen LogP contribution in [0.15, 0.2) is 12.4 Å². The third kappa shape index (κ3) is 3.53. The Bertz CT molecular complexity index is 341. The maximum atomic E-state index is 10.6. The van der Waals surface area contributed by atoms with Crippen molar-refractivity contribution >= 4 is 11.8 Å². The zero-order valence-corrected chi connectivity index (χ0v) is 8.90. The summed E-state index contributed by atoms with van der Waals surface area (Å²) in [6, 6.07) is 1.14. The summed E-state index contributed by atoms with van der Waals surface area (Å²) in [5.74, 6) is -0.339. The number of carboxylic acids is 1. The Morgan fingerprint density at radius 2 is 2.33 bits per heavy atom. The Morgan fingerprint density at radius 3 is 2.93 bits per heavy atom. The molecule has 2 N–H and O–H groups in total. The van der Waals surface area contributed by atoms with Crippen LogP contribution in [0, 0.1) is 0 Å². The topological polar surface area (TPSA) is 75.1 Å². The first kappa shape index (κ1) is 11.4. The quantitative estimate of drug-likeness (QED) is 0.764. The fourth-order valence-corrected chi connectivity index (χ4v) is 1.15. The fraction of sp³-hybridized carbons (Fsp3) is 0.500. The third-order valence-corrected chi connectivity index (χ3v) is 1.96. The van der Waals surface area contributed by atoms with Crippen LogP contribution in [0.2, 0.25) is 0 Å². The van der Waals surface area contributed by atoms with Crippen LogP contribution in [-0.4, -0.2) is 27.1 Å². The van der Waals surface area contributed by atoms with Crippen LogP contribution in [0.4, 0.5) is 5.82 Å². The Hall–Kier alpha value is -1.65. The predicted octanol–water partition coefficient (Wildman–Crippen LogP) is 1.31. The lowest BCUT2D eigenvalue weighted by Crippen LogP contribution is -2.25. The lowest BCUT2D eigenvalue weighted by atomic mass is 10.2. The summed E-state index contributed by atoms with van der Waals surface area (Å²) in [6.45, 7) is 3.64. The number of nitrogens with zero attached hydrogens (tertiary/aromatic N) is 2. The van der Waals surface area contributed by atoms with Crippen molar-refractivity contribution in [3.8, 4) is 0 Å². The Balaban J connectivity index is 2.68. The molecule has 0 spiro atoms. The molecule has 1 aromatic rings. The molecule has 0 aliphatic carbocycles. The van der Waals surface area contributed by atoms with Gasteiger partial charge in [-0.25, -0.2) is 9.97 Å². The lowest BCUT2D eigenvalue weighted by molar-refractivity contribution is -0.137. The lowest BCUT2D eigenvalue weighted by Gasteiger charge is -2.09.